The third-order valence-corrected chi connectivity index (χ3v) is 10.5. The van der Waals surface area contributed by atoms with Crippen LogP contribution in [0.4, 0.5) is 24.9 Å². The molecule has 2 saturated carbocycles. The second-order valence-corrected chi connectivity index (χ2v) is 13.6. The van der Waals surface area contributed by atoms with Crippen molar-refractivity contribution in [3.63, 3.8) is 0 Å². The number of thiophene rings is 1. The van der Waals surface area contributed by atoms with Crippen molar-refractivity contribution in [1.29, 1.82) is 0 Å². The van der Waals surface area contributed by atoms with Crippen LogP contribution in [0, 0.1) is 0 Å². The predicted molar refractivity (Wildman–Crippen MR) is 139 cm³/mol. The molecule has 5 heterocycles. The summed E-state index contributed by atoms with van der Waals surface area (Å²) in [7, 11) is -3.88. The fourth-order valence-corrected chi connectivity index (χ4v) is 8.04. The van der Waals surface area contributed by atoms with Crippen molar-refractivity contribution in [3.8, 4) is 10.6 Å². The summed E-state index contributed by atoms with van der Waals surface area (Å²) >= 11 is 0.720. The molecule has 1 amide bonds. The van der Waals surface area contributed by atoms with Gasteiger partial charge in [-0.15, -0.1) is 11.3 Å². The summed E-state index contributed by atoms with van der Waals surface area (Å²) in [6.45, 7) is 1.42. The topological polar surface area (TPSA) is 130 Å². The maximum absolute atomic E-state index is 14.1. The van der Waals surface area contributed by atoms with Crippen molar-refractivity contribution in [2.75, 3.05) is 24.2 Å². The fourth-order valence-electron chi connectivity index (χ4n) is 5.12. The van der Waals surface area contributed by atoms with E-state index in [-0.39, 0.29) is 44.9 Å². The summed E-state index contributed by atoms with van der Waals surface area (Å²) in [5.74, 6) is -0.255. The Morgan fingerprint density at radius 2 is 1.90 bits per heavy atom. The number of aromatic nitrogens is 4. The first-order valence-electron chi connectivity index (χ1n) is 13.1. The molecule has 4 aliphatic rings. The number of anilines is 2. The summed E-state index contributed by atoms with van der Waals surface area (Å²) in [6, 6.07) is 1.11. The minimum absolute atomic E-state index is 0.0334. The first kappa shape index (κ1) is 25.8. The molecule has 2 fully saturated rings. The minimum atomic E-state index is -4.81. The van der Waals surface area contributed by atoms with Crippen LogP contribution < -0.4 is 10.6 Å². The van der Waals surface area contributed by atoms with E-state index in [1.165, 1.54) is 4.90 Å². The number of fused-ring (bicyclic) bond motifs is 2. The molecule has 3 aromatic rings. The summed E-state index contributed by atoms with van der Waals surface area (Å²) < 4.78 is 68.3. The largest absolute Gasteiger partial charge is 0.420 e. The molecule has 0 saturated heterocycles. The normalized spacial score (nSPS) is 20.6. The highest BCUT2D eigenvalue weighted by atomic mass is 32.2. The van der Waals surface area contributed by atoms with E-state index in [0.717, 1.165) is 66.7 Å². The molecule has 10 nitrogen and oxygen atoms in total. The molecule has 15 heteroatoms. The lowest BCUT2D eigenvalue weighted by molar-refractivity contribution is -0.137. The van der Waals surface area contributed by atoms with Gasteiger partial charge in [0.05, 0.1) is 38.3 Å². The van der Waals surface area contributed by atoms with Crippen LogP contribution in [0.2, 0.25) is 0 Å². The van der Waals surface area contributed by atoms with E-state index in [4.69, 9.17) is 9.97 Å². The van der Waals surface area contributed by atoms with Gasteiger partial charge in [0.15, 0.2) is 15.7 Å². The Bertz CT molecular complexity index is 1650. The van der Waals surface area contributed by atoms with Crippen LogP contribution in [0.15, 0.2) is 17.2 Å². The number of alkyl halides is 3. The summed E-state index contributed by atoms with van der Waals surface area (Å²) in [6.07, 6.45) is -0.0221. The van der Waals surface area contributed by atoms with Crippen LogP contribution in [0.3, 0.4) is 0 Å². The van der Waals surface area contributed by atoms with Crippen molar-refractivity contribution in [3.05, 3.63) is 39.8 Å². The molecular formula is C25H24F3N7O3S2. The number of carbonyl (C=O) groups is 1. The van der Waals surface area contributed by atoms with Crippen LogP contribution in [-0.2, 0) is 29.0 Å². The van der Waals surface area contributed by atoms with E-state index >= 15 is 0 Å². The van der Waals surface area contributed by atoms with Gasteiger partial charge in [0, 0.05) is 44.2 Å². The Morgan fingerprint density at radius 3 is 2.62 bits per heavy atom. The zero-order valence-electron chi connectivity index (χ0n) is 21.1. The Balaban J connectivity index is 1.31. The molecule has 2 aliphatic heterocycles. The minimum Gasteiger partial charge on any atom is -0.334 e. The van der Waals surface area contributed by atoms with Crippen LogP contribution in [0.1, 0.15) is 63.9 Å². The van der Waals surface area contributed by atoms with Gasteiger partial charge in [0.25, 0.3) is 5.91 Å². The smallest absolute Gasteiger partial charge is 0.334 e. The van der Waals surface area contributed by atoms with E-state index in [9.17, 15) is 26.4 Å². The van der Waals surface area contributed by atoms with Crippen molar-refractivity contribution in [2.24, 2.45) is 0 Å². The molecule has 7 rings (SSSR count). The number of amides is 1. The monoisotopic (exact) mass is 591 g/mol. The van der Waals surface area contributed by atoms with E-state index < -0.39 is 33.2 Å². The van der Waals surface area contributed by atoms with Crippen LogP contribution in [0.5, 0.6) is 0 Å². The molecular weight excluding hydrogens is 567 g/mol. The number of sulfone groups is 1. The molecule has 0 atom stereocenters. The first-order valence-corrected chi connectivity index (χ1v) is 15.5. The second-order valence-electron chi connectivity index (χ2n) is 10.5. The highest BCUT2D eigenvalue weighted by Gasteiger charge is 2.42. The Kier molecular flexibility index (Phi) is 5.91. The van der Waals surface area contributed by atoms with Crippen molar-refractivity contribution >= 4 is 38.8 Å². The molecule has 40 heavy (non-hydrogen) atoms. The van der Waals surface area contributed by atoms with Gasteiger partial charge in [0.2, 0.25) is 5.95 Å². The number of hydrogen-bond donors (Lipinski definition) is 2. The van der Waals surface area contributed by atoms with Crippen molar-refractivity contribution < 1.29 is 26.4 Å². The molecule has 0 unspecified atom stereocenters. The van der Waals surface area contributed by atoms with Gasteiger partial charge in [-0.25, -0.2) is 23.4 Å². The van der Waals surface area contributed by atoms with E-state index in [1.54, 1.807) is 0 Å². The Morgan fingerprint density at radius 1 is 1.10 bits per heavy atom. The quantitative estimate of drug-likeness (QED) is 0.457. The molecule has 0 aromatic carbocycles. The van der Waals surface area contributed by atoms with Gasteiger partial charge in [-0.05, 0) is 31.7 Å². The molecule has 0 spiro atoms. The van der Waals surface area contributed by atoms with Crippen molar-refractivity contribution in [2.45, 2.75) is 61.7 Å². The number of carbonyl (C=O) groups excluding carboxylic acids is 1. The fraction of sp³-hybridized carbons (Fsp3) is 0.480. The Hall–Kier alpha value is -3.17. The number of nitrogens with one attached hydrogen (secondary N) is 2. The lowest BCUT2D eigenvalue weighted by Crippen LogP contribution is -2.34. The summed E-state index contributed by atoms with van der Waals surface area (Å²) in [5.41, 5.74) is 0.783. The third-order valence-electron chi connectivity index (χ3n) is 7.51. The van der Waals surface area contributed by atoms with Gasteiger partial charge in [-0.3, -0.25) is 9.78 Å². The lowest BCUT2D eigenvalue weighted by atomic mass is 10.1. The number of hydrogen-bond acceptors (Lipinski definition) is 10. The zero-order chi connectivity index (χ0) is 27.8. The SMILES string of the molecule is O=C1c2sc(-c3nc(Nc4nc5c(nc4C4CC4)CNCC5)ncc3C(F)(F)F)cc2S(=O)(=O)CCN1C1CC1. The van der Waals surface area contributed by atoms with Crippen LogP contribution in [-0.4, -0.2) is 64.0 Å². The maximum atomic E-state index is 14.1. The van der Waals surface area contributed by atoms with E-state index in [2.05, 4.69) is 20.6 Å². The molecule has 210 valence electrons. The molecule has 3 aromatic heterocycles. The summed E-state index contributed by atoms with van der Waals surface area (Å²) in [4.78, 5) is 32.0. The summed E-state index contributed by atoms with van der Waals surface area (Å²) in [5, 5.41) is 6.25. The first-order chi connectivity index (χ1) is 19.1. The van der Waals surface area contributed by atoms with Gasteiger partial charge in [0.1, 0.15) is 10.4 Å². The molecule has 2 N–H and O–H groups in total. The van der Waals surface area contributed by atoms with Crippen molar-refractivity contribution in [1.82, 2.24) is 30.2 Å². The average molecular weight is 592 g/mol. The van der Waals surface area contributed by atoms with Gasteiger partial charge in [-0.2, -0.15) is 13.2 Å². The van der Waals surface area contributed by atoms with Crippen LogP contribution >= 0.6 is 11.3 Å². The molecule has 0 bridgehead atoms. The van der Waals surface area contributed by atoms with E-state index in [1.807, 2.05) is 0 Å². The van der Waals surface area contributed by atoms with Gasteiger partial charge >= 0.3 is 6.18 Å². The van der Waals surface area contributed by atoms with Crippen LogP contribution in [0.25, 0.3) is 10.6 Å². The maximum Gasteiger partial charge on any atom is 0.420 e. The predicted octanol–water partition coefficient (Wildman–Crippen LogP) is 3.67. The third kappa shape index (κ3) is 4.63. The number of nitrogens with zero attached hydrogens (tertiary/aromatic N) is 5. The highest BCUT2D eigenvalue weighted by Crippen LogP contribution is 2.45. The van der Waals surface area contributed by atoms with E-state index in [0.29, 0.717) is 25.0 Å². The molecule has 2 aliphatic carbocycles. The zero-order valence-corrected chi connectivity index (χ0v) is 22.7. The standard InChI is InChI=1S/C25H24F3N7O3S2/c26-25(27,28)14-10-30-24(34-22-19(12-1-2-12)31-16-11-29-6-5-15(16)32-22)33-20(14)17-9-18-21(39-17)23(36)35(13-3-4-13)7-8-40(18,37)38/h9-10,12-13,29H,1-8,11H2,(H,30,32,33,34). The Labute approximate surface area is 231 Å². The lowest BCUT2D eigenvalue weighted by Gasteiger charge is -2.19. The average Bonchev–Trinajstić information content (AvgIpc) is 3.85. The molecule has 0 radical (unpaired) electrons. The second kappa shape index (κ2) is 9.17. The van der Waals surface area contributed by atoms with Gasteiger partial charge < -0.3 is 15.5 Å². The van der Waals surface area contributed by atoms with Gasteiger partial charge in [-0.1, -0.05) is 0 Å². The number of rotatable bonds is 5. The highest BCUT2D eigenvalue weighted by molar-refractivity contribution is 7.91. The number of halogens is 3.